The lowest BCUT2D eigenvalue weighted by molar-refractivity contribution is -0.143. The van der Waals surface area contributed by atoms with Gasteiger partial charge in [0.2, 0.25) is 17.8 Å². The van der Waals surface area contributed by atoms with Crippen LogP contribution < -0.4 is 4.90 Å². The molecule has 2 fully saturated rings. The molecule has 3 rings (SSSR count). The van der Waals surface area contributed by atoms with Crippen molar-refractivity contribution in [3.63, 3.8) is 0 Å². The second-order valence-electron chi connectivity index (χ2n) is 6.43. The molecular formula is C17H25N5O3. The third-order valence-corrected chi connectivity index (χ3v) is 4.84. The molecule has 8 heteroatoms. The predicted octanol–water partition coefficient (Wildman–Crippen LogP) is 0.0102. The van der Waals surface area contributed by atoms with Crippen LogP contribution in [-0.2, 0) is 14.3 Å². The number of anilines is 1. The molecule has 8 nitrogen and oxygen atoms in total. The predicted molar refractivity (Wildman–Crippen MR) is 92.0 cm³/mol. The van der Waals surface area contributed by atoms with Crippen LogP contribution in [0, 0.1) is 5.92 Å². The minimum atomic E-state index is -0.103. The van der Waals surface area contributed by atoms with Gasteiger partial charge in [-0.25, -0.2) is 9.97 Å². The normalized spacial score (nSPS) is 21.6. The fraction of sp³-hybridized carbons (Fsp3) is 0.647. The summed E-state index contributed by atoms with van der Waals surface area (Å²) in [4.78, 5) is 39.1. The van der Waals surface area contributed by atoms with Crippen molar-refractivity contribution in [2.75, 3.05) is 57.9 Å². The zero-order valence-electron chi connectivity index (χ0n) is 14.6. The second-order valence-corrected chi connectivity index (χ2v) is 6.43. The molecule has 0 bridgehead atoms. The van der Waals surface area contributed by atoms with Crippen LogP contribution in [0.15, 0.2) is 18.5 Å². The van der Waals surface area contributed by atoms with Gasteiger partial charge in [-0.3, -0.25) is 9.59 Å². The molecule has 0 aliphatic carbocycles. The molecule has 2 amide bonds. The monoisotopic (exact) mass is 347 g/mol. The molecule has 0 unspecified atom stereocenters. The highest BCUT2D eigenvalue weighted by molar-refractivity contribution is 5.84. The van der Waals surface area contributed by atoms with Gasteiger partial charge in [0.15, 0.2) is 0 Å². The van der Waals surface area contributed by atoms with E-state index < -0.39 is 0 Å². The van der Waals surface area contributed by atoms with E-state index in [2.05, 4.69) is 14.9 Å². The Labute approximate surface area is 147 Å². The van der Waals surface area contributed by atoms with E-state index in [1.54, 1.807) is 30.5 Å². The molecule has 0 aromatic carbocycles. The van der Waals surface area contributed by atoms with E-state index in [1.165, 1.54) is 0 Å². The maximum Gasteiger partial charge on any atom is 0.227 e. The number of amides is 2. The van der Waals surface area contributed by atoms with E-state index in [1.807, 2.05) is 4.90 Å². The number of likely N-dealkylation sites (tertiary alicyclic amines) is 1. The van der Waals surface area contributed by atoms with Crippen LogP contribution in [0.1, 0.15) is 12.8 Å². The quantitative estimate of drug-likeness (QED) is 0.747. The molecule has 2 aliphatic rings. The lowest BCUT2D eigenvalue weighted by atomic mass is 9.95. The van der Waals surface area contributed by atoms with E-state index in [0.29, 0.717) is 51.6 Å². The van der Waals surface area contributed by atoms with Crippen molar-refractivity contribution in [3.05, 3.63) is 18.5 Å². The van der Waals surface area contributed by atoms with Gasteiger partial charge in [-0.2, -0.15) is 0 Å². The lowest BCUT2D eigenvalue weighted by Crippen LogP contribution is -2.53. The number of methoxy groups -OCH3 is 1. The highest BCUT2D eigenvalue weighted by Crippen LogP contribution is 2.21. The first-order chi connectivity index (χ1) is 12.2. The van der Waals surface area contributed by atoms with E-state index in [9.17, 15) is 9.59 Å². The molecule has 0 radical (unpaired) electrons. The van der Waals surface area contributed by atoms with Crippen LogP contribution in [0.3, 0.4) is 0 Å². The molecular weight excluding hydrogens is 322 g/mol. The van der Waals surface area contributed by atoms with Crippen molar-refractivity contribution >= 4 is 17.8 Å². The summed E-state index contributed by atoms with van der Waals surface area (Å²) in [6.07, 6.45) is 4.54. The zero-order chi connectivity index (χ0) is 17.6. The molecule has 136 valence electrons. The first kappa shape index (κ1) is 17.6. The molecule has 0 N–H and O–H groups in total. The highest BCUT2D eigenvalue weighted by Gasteiger charge is 2.33. The molecule has 3 heterocycles. The first-order valence-corrected chi connectivity index (χ1v) is 8.76. The van der Waals surface area contributed by atoms with Gasteiger partial charge in [0.05, 0.1) is 12.5 Å². The number of piperazine rings is 1. The fourth-order valence-corrected chi connectivity index (χ4v) is 3.37. The number of piperidine rings is 1. The van der Waals surface area contributed by atoms with Gasteiger partial charge in [-0.1, -0.05) is 0 Å². The number of rotatable bonds is 5. The van der Waals surface area contributed by atoms with Gasteiger partial charge < -0.3 is 19.4 Å². The van der Waals surface area contributed by atoms with Gasteiger partial charge in [0, 0.05) is 65.2 Å². The maximum atomic E-state index is 12.8. The number of ether oxygens (including phenoxy) is 1. The fourth-order valence-electron chi connectivity index (χ4n) is 3.37. The number of hydrogen-bond donors (Lipinski definition) is 0. The van der Waals surface area contributed by atoms with Crippen LogP contribution in [-0.4, -0.2) is 84.6 Å². The van der Waals surface area contributed by atoms with Crippen molar-refractivity contribution in [2.24, 2.45) is 5.92 Å². The summed E-state index contributed by atoms with van der Waals surface area (Å²) in [7, 11) is 1.62. The standard InChI is InChI=1S/C17H25N5O3/c1-25-12-11-22-13-14(3-4-15(22)23)16(24)20-7-9-21(10-8-20)17-18-5-2-6-19-17/h2,5-6,14H,3-4,7-13H2,1H3/t14-/m0/s1. The average Bonchev–Trinajstić information content (AvgIpc) is 2.67. The van der Waals surface area contributed by atoms with Gasteiger partial charge in [0.25, 0.3) is 0 Å². The Morgan fingerprint density at radius 1 is 1.24 bits per heavy atom. The smallest absolute Gasteiger partial charge is 0.227 e. The van der Waals surface area contributed by atoms with Crippen LogP contribution in [0.2, 0.25) is 0 Å². The second kappa shape index (κ2) is 8.24. The third kappa shape index (κ3) is 4.25. The van der Waals surface area contributed by atoms with Crippen molar-refractivity contribution in [1.29, 1.82) is 0 Å². The number of nitrogens with zero attached hydrogens (tertiary/aromatic N) is 5. The summed E-state index contributed by atoms with van der Waals surface area (Å²) in [6, 6.07) is 1.79. The Morgan fingerprint density at radius 3 is 2.64 bits per heavy atom. The molecule has 2 aliphatic heterocycles. The highest BCUT2D eigenvalue weighted by atomic mass is 16.5. The maximum absolute atomic E-state index is 12.8. The number of carbonyl (C=O) groups excluding carboxylic acids is 2. The Hall–Kier alpha value is -2.22. The van der Waals surface area contributed by atoms with E-state index >= 15 is 0 Å². The topological polar surface area (TPSA) is 78.9 Å². The van der Waals surface area contributed by atoms with Gasteiger partial charge in [0.1, 0.15) is 0 Å². The van der Waals surface area contributed by atoms with Crippen molar-refractivity contribution in [3.8, 4) is 0 Å². The Morgan fingerprint density at radius 2 is 1.96 bits per heavy atom. The molecule has 0 spiro atoms. The van der Waals surface area contributed by atoms with Gasteiger partial charge in [-0.15, -0.1) is 0 Å². The summed E-state index contributed by atoms with van der Waals surface area (Å²) in [5.74, 6) is 0.883. The molecule has 0 saturated carbocycles. The summed E-state index contributed by atoms with van der Waals surface area (Å²) < 4.78 is 5.05. The average molecular weight is 347 g/mol. The van der Waals surface area contributed by atoms with Gasteiger partial charge in [-0.05, 0) is 12.5 Å². The van der Waals surface area contributed by atoms with Crippen molar-refractivity contribution < 1.29 is 14.3 Å². The number of aromatic nitrogens is 2. The van der Waals surface area contributed by atoms with Crippen LogP contribution in [0.25, 0.3) is 0 Å². The zero-order valence-corrected chi connectivity index (χ0v) is 14.6. The number of carbonyl (C=O) groups is 2. The van der Waals surface area contributed by atoms with Crippen LogP contribution in [0.4, 0.5) is 5.95 Å². The summed E-state index contributed by atoms with van der Waals surface area (Å²) >= 11 is 0. The molecule has 1 aromatic heterocycles. The Bertz CT molecular complexity index is 589. The third-order valence-electron chi connectivity index (χ3n) is 4.84. The first-order valence-electron chi connectivity index (χ1n) is 8.76. The van der Waals surface area contributed by atoms with Crippen LogP contribution >= 0.6 is 0 Å². The van der Waals surface area contributed by atoms with Gasteiger partial charge >= 0.3 is 0 Å². The van der Waals surface area contributed by atoms with E-state index in [4.69, 9.17) is 4.74 Å². The van der Waals surface area contributed by atoms with E-state index in [-0.39, 0.29) is 17.7 Å². The summed E-state index contributed by atoms with van der Waals surface area (Å²) in [6.45, 7) is 4.35. The lowest BCUT2D eigenvalue weighted by Gasteiger charge is -2.38. The molecule has 1 aromatic rings. The van der Waals surface area contributed by atoms with Crippen molar-refractivity contribution in [1.82, 2.24) is 19.8 Å². The summed E-state index contributed by atoms with van der Waals surface area (Å²) in [5, 5.41) is 0. The SMILES string of the molecule is COCCN1C[C@@H](C(=O)N2CCN(c3ncccn3)CC2)CCC1=O. The molecule has 2 saturated heterocycles. The van der Waals surface area contributed by atoms with Crippen molar-refractivity contribution in [2.45, 2.75) is 12.8 Å². The minimum Gasteiger partial charge on any atom is -0.383 e. The largest absolute Gasteiger partial charge is 0.383 e. The number of hydrogen-bond acceptors (Lipinski definition) is 6. The molecule has 1 atom stereocenters. The Balaban J connectivity index is 1.53. The van der Waals surface area contributed by atoms with E-state index in [0.717, 1.165) is 13.1 Å². The Kier molecular flexibility index (Phi) is 5.80. The summed E-state index contributed by atoms with van der Waals surface area (Å²) in [5.41, 5.74) is 0. The minimum absolute atomic E-state index is 0.103. The molecule has 25 heavy (non-hydrogen) atoms. The van der Waals surface area contributed by atoms with Crippen LogP contribution in [0.5, 0.6) is 0 Å².